The molecule has 0 amide bonds. The van der Waals surface area contributed by atoms with Gasteiger partial charge in [0.15, 0.2) is 0 Å². The van der Waals surface area contributed by atoms with Crippen molar-refractivity contribution in [2.75, 3.05) is 0 Å². The van der Waals surface area contributed by atoms with Crippen molar-refractivity contribution in [1.82, 2.24) is 14.1 Å². The summed E-state index contributed by atoms with van der Waals surface area (Å²) in [5, 5.41) is 8.61. The topological polar surface area (TPSA) is 22.8 Å². The Hall–Kier alpha value is -5.67. The van der Waals surface area contributed by atoms with Gasteiger partial charge in [0.05, 0.1) is 16.6 Å². The van der Waals surface area contributed by atoms with Crippen LogP contribution in [-0.4, -0.2) is 14.1 Å². The third-order valence-corrected chi connectivity index (χ3v) is 8.60. The van der Waals surface area contributed by atoms with E-state index in [0.29, 0.717) is 0 Å². The van der Waals surface area contributed by atoms with E-state index in [1.807, 2.05) is 12.4 Å². The molecule has 3 aromatic heterocycles. The van der Waals surface area contributed by atoms with Crippen molar-refractivity contribution in [2.24, 2.45) is 0 Å². The van der Waals surface area contributed by atoms with E-state index >= 15 is 0 Å². The van der Waals surface area contributed by atoms with Crippen LogP contribution in [0, 0.1) is 0 Å². The van der Waals surface area contributed by atoms with E-state index in [4.69, 9.17) is 0 Å². The Labute approximate surface area is 242 Å². The normalized spacial score (nSPS) is 11.8. The van der Waals surface area contributed by atoms with Gasteiger partial charge in [-0.2, -0.15) is 0 Å². The van der Waals surface area contributed by atoms with Crippen molar-refractivity contribution in [3.8, 4) is 22.5 Å². The van der Waals surface area contributed by atoms with Crippen molar-refractivity contribution < 1.29 is 0 Å². The first kappa shape index (κ1) is 23.1. The predicted molar refractivity (Wildman–Crippen MR) is 176 cm³/mol. The monoisotopic (exact) mass is 535 g/mol. The molecule has 9 rings (SSSR count). The molecule has 0 saturated heterocycles. The molecular weight excluding hydrogens is 510 g/mol. The van der Waals surface area contributed by atoms with Crippen LogP contribution in [0.1, 0.15) is 0 Å². The molecule has 0 N–H and O–H groups in total. The van der Waals surface area contributed by atoms with Gasteiger partial charge in [0.25, 0.3) is 0 Å². The minimum absolute atomic E-state index is 1.15. The zero-order chi connectivity index (χ0) is 27.6. The molecule has 0 fully saturated rings. The summed E-state index contributed by atoms with van der Waals surface area (Å²) in [7, 11) is 0. The summed E-state index contributed by atoms with van der Waals surface area (Å²) in [5.41, 5.74) is 8.27. The summed E-state index contributed by atoms with van der Waals surface area (Å²) in [4.78, 5) is 4.59. The van der Waals surface area contributed by atoms with Crippen molar-refractivity contribution in [1.29, 1.82) is 0 Å². The van der Waals surface area contributed by atoms with Crippen LogP contribution >= 0.6 is 0 Å². The molecule has 42 heavy (non-hydrogen) atoms. The van der Waals surface area contributed by atoms with E-state index in [1.165, 1.54) is 54.4 Å². The maximum atomic E-state index is 4.59. The van der Waals surface area contributed by atoms with Gasteiger partial charge in [0.1, 0.15) is 0 Å². The molecule has 0 aliphatic rings. The van der Waals surface area contributed by atoms with E-state index in [0.717, 1.165) is 22.3 Å². The lowest BCUT2D eigenvalue weighted by atomic mass is 9.97. The maximum Gasteiger partial charge on any atom is 0.0607 e. The van der Waals surface area contributed by atoms with Crippen molar-refractivity contribution >= 4 is 54.3 Å². The Balaban J connectivity index is 1.42. The Bertz CT molecular complexity index is 2440. The molecular formula is C39H25N3. The molecule has 196 valence electrons. The number of hydrogen-bond donors (Lipinski definition) is 0. The van der Waals surface area contributed by atoms with E-state index in [-0.39, 0.29) is 0 Å². The van der Waals surface area contributed by atoms with Gasteiger partial charge in [0.2, 0.25) is 0 Å². The summed E-state index contributed by atoms with van der Waals surface area (Å²) >= 11 is 0. The molecule has 0 radical (unpaired) electrons. The van der Waals surface area contributed by atoms with Crippen LogP contribution in [0.2, 0.25) is 0 Å². The Morgan fingerprint density at radius 2 is 1.21 bits per heavy atom. The fraction of sp³-hybridized carbons (Fsp3) is 0. The average Bonchev–Trinajstić information content (AvgIpc) is 3.65. The molecule has 0 unspecified atom stereocenters. The molecule has 0 atom stereocenters. The van der Waals surface area contributed by atoms with Crippen LogP contribution in [0.3, 0.4) is 0 Å². The summed E-state index contributed by atoms with van der Waals surface area (Å²) in [5.74, 6) is 0. The van der Waals surface area contributed by atoms with Gasteiger partial charge in [-0.05, 0) is 64.9 Å². The number of hydrogen-bond acceptors (Lipinski definition) is 1. The smallest absolute Gasteiger partial charge is 0.0607 e. The van der Waals surface area contributed by atoms with Gasteiger partial charge in [-0.15, -0.1) is 0 Å². The molecule has 3 heteroatoms. The Morgan fingerprint density at radius 3 is 2.07 bits per heavy atom. The largest absolute Gasteiger partial charge is 0.316 e. The van der Waals surface area contributed by atoms with Gasteiger partial charge >= 0.3 is 0 Å². The maximum absolute atomic E-state index is 4.59. The first-order valence-corrected chi connectivity index (χ1v) is 14.3. The van der Waals surface area contributed by atoms with Crippen LogP contribution in [0.25, 0.3) is 76.8 Å². The SMILES string of the molecule is c1ccc(-n2ccc3ccc4c(ccc5c4c4cc(-c6cncc7ccccc67)ccc4n5-c4ccccc4)c32)cc1. The van der Waals surface area contributed by atoms with Crippen molar-refractivity contribution in [3.05, 3.63) is 152 Å². The number of aromatic nitrogens is 3. The second-order valence-electron chi connectivity index (χ2n) is 10.9. The summed E-state index contributed by atoms with van der Waals surface area (Å²) in [6, 6.07) is 48.0. The summed E-state index contributed by atoms with van der Waals surface area (Å²) in [6.07, 6.45) is 6.12. The number of pyridine rings is 1. The van der Waals surface area contributed by atoms with Gasteiger partial charge < -0.3 is 9.13 Å². The first-order valence-electron chi connectivity index (χ1n) is 14.3. The Kier molecular flexibility index (Phi) is 4.90. The van der Waals surface area contributed by atoms with Gasteiger partial charge in [-0.1, -0.05) is 84.9 Å². The Morgan fingerprint density at radius 1 is 0.476 bits per heavy atom. The fourth-order valence-electron chi connectivity index (χ4n) is 6.73. The van der Waals surface area contributed by atoms with Crippen LogP contribution in [-0.2, 0) is 0 Å². The molecule has 0 bridgehead atoms. The number of para-hydroxylation sites is 2. The predicted octanol–water partition coefficient (Wildman–Crippen LogP) is 10.1. The van der Waals surface area contributed by atoms with Gasteiger partial charge in [0, 0.05) is 62.5 Å². The third-order valence-electron chi connectivity index (χ3n) is 8.60. The highest BCUT2D eigenvalue weighted by atomic mass is 15.0. The third kappa shape index (κ3) is 3.31. The fourth-order valence-corrected chi connectivity index (χ4v) is 6.73. The number of rotatable bonds is 3. The zero-order valence-electron chi connectivity index (χ0n) is 22.8. The lowest BCUT2D eigenvalue weighted by Gasteiger charge is -2.10. The molecule has 0 saturated carbocycles. The quantitative estimate of drug-likeness (QED) is 0.221. The van der Waals surface area contributed by atoms with Crippen molar-refractivity contribution in [2.45, 2.75) is 0 Å². The van der Waals surface area contributed by atoms with E-state index in [9.17, 15) is 0 Å². The first-order chi connectivity index (χ1) is 20.8. The van der Waals surface area contributed by atoms with E-state index in [1.54, 1.807) is 0 Å². The molecule has 6 aromatic carbocycles. The number of benzene rings is 6. The van der Waals surface area contributed by atoms with E-state index < -0.39 is 0 Å². The molecule has 3 nitrogen and oxygen atoms in total. The number of fused-ring (bicyclic) bond motifs is 8. The summed E-state index contributed by atoms with van der Waals surface area (Å²) < 4.78 is 4.71. The lowest BCUT2D eigenvalue weighted by Crippen LogP contribution is -1.94. The highest BCUT2D eigenvalue weighted by molar-refractivity contribution is 6.25. The zero-order valence-corrected chi connectivity index (χ0v) is 22.8. The van der Waals surface area contributed by atoms with Gasteiger partial charge in [-0.3, -0.25) is 4.98 Å². The highest BCUT2D eigenvalue weighted by Crippen LogP contribution is 2.41. The summed E-state index contributed by atoms with van der Waals surface area (Å²) in [6.45, 7) is 0. The average molecular weight is 536 g/mol. The standard InChI is InChI=1S/C39H25N3/c1-3-10-29(11-4-1)41-22-21-26-15-17-32-33(39(26)41)18-20-37-38(32)34-23-27(35-25-40-24-28-9-7-8-14-31(28)35)16-19-36(34)42(37)30-12-5-2-6-13-30/h1-25H. The minimum atomic E-state index is 1.15. The van der Waals surface area contributed by atoms with Crippen LogP contribution < -0.4 is 0 Å². The van der Waals surface area contributed by atoms with Gasteiger partial charge in [-0.25, -0.2) is 0 Å². The molecule has 0 aliphatic heterocycles. The highest BCUT2D eigenvalue weighted by Gasteiger charge is 2.18. The van der Waals surface area contributed by atoms with E-state index in [2.05, 4.69) is 154 Å². The second kappa shape index (κ2) is 8.92. The molecule has 3 heterocycles. The van der Waals surface area contributed by atoms with Crippen molar-refractivity contribution in [3.63, 3.8) is 0 Å². The minimum Gasteiger partial charge on any atom is -0.316 e. The van der Waals surface area contributed by atoms with Crippen LogP contribution in [0.4, 0.5) is 0 Å². The lowest BCUT2D eigenvalue weighted by molar-refractivity contribution is 1.13. The van der Waals surface area contributed by atoms with Crippen LogP contribution in [0.15, 0.2) is 152 Å². The second-order valence-corrected chi connectivity index (χ2v) is 10.9. The van der Waals surface area contributed by atoms with Crippen LogP contribution in [0.5, 0.6) is 0 Å². The molecule has 0 aliphatic carbocycles. The molecule has 9 aromatic rings. The molecule has 0 spiro atoms. The number of nitrogens with zero attached hydrogens (tertiary/aromatic N) is 3.